The molecule has 3 rings (SSSR count). The molecule has 0 radical (unpaired) electrons. The Hall–Kier alpha value is -2.41. The van der Waals surface area contributed by atoms with Gasteiger partial charge in [0, 0.05) is 17.6 Å². The number of aliphatic hydroxyl groups is 1. The quantitative estimate of drug-likeness (QED) is 0.636. The number of nitrogens with zero attached hydrogens (tertiary/aromatic N) is 3. The second-order valence-electron chi connectivity index (χ2n) is 4.14. The number of rotatable bonds is 3. The first-order chi connectivity index (χ1) is 9.22. The number of H-pyrrole nitrogens is 1. The van der Waals surface area contributed by atoms with Gasteiger partial charge in [-0.25, -0.2) is 9.78 Å². The van der Waals surface area contributed by atoms with Crippen molar-refractivity contribution in [2.45, 2.75) is 13.5 Å². The molecule has 3 N–H and O–H groups in total. The van der Waals surface area contributed by atoms with Gasteiger partial charge in [-0.05, 0) is 25.1 Å². The second kappa shape index (κ2) is 4.36. The summed E-state index contributed by atoms with van der Waals surface area (Å²) in [6, 6.07) is 5.61. The zero-order valence-corrected chi connectivity index (χ0v) is 10.3. The van der Waals surface area contributed by atoms with Gasteiger partial charge in [0.1, 0.15) is 6.61 Å². The Labute approximate surface area is 107 Å². The Morgan fingerprint density at radius 2 is 2.32 bits per heavy atom. The van der Waals surface area contributed by atoms with Crippen LogP contribution in [0.1, 0.15) is 12.7 Å². The number of anilines is 1. The summed E-state index contributed by atoms with van der Waals surface area (Å²) in [6.07, 6.45) is 0. The molecule has 2 aromatic heterocycles. The maximum atomic E-state index is 11.8. The lowest BCUT2D eigenvalue weighted by atomic mass is 10.2. The Morgan fingerprint density at radius 3 is 3.05 bits per heavy atom. The number of aromatic nitrogens is 4. The molecular formula is C12H13N5O2. The minimum Gasteiger partial charge on any atom is -0.388 e. The first-order valence-electron chi connectivity index (χ1n) is 5.99. The summed E-state index contributed by atoms with van der Waals surface area (Å²) in [4.78, 5) is 18.8. The Balaban J connectivity index is 2.37. The average molecular weight is 259 g/mol. The van der Waals surface area contributed by atoms with E-state index in [1.54, 1.807) is 0 Å². The van der Waals surface area contributed by atoms with Crippen molar-refractivity contribution in [1.82, 2.24) is 19.6 Å². The van der Waals surface area contributed by atoms with Gasteiger partial charge in [0.05, 0.1) is 5.52 Å². The van der Waals surface area contributed by atoms with Gasteiger partial charge in [-0.15, -0.1) is 5.10 Å². The van der Waals surface area contributed by atoms with E-state index in [1.165, 1.54) is 4.52 Å². The Bertz CT molecular complexity index is 805. The second-order valence-corrected chi connectivity index (χ2v) is 4.14. The Kier molecular flexibility index (Phi) is 2.68. The van der Waals surface area contributed by atoms with E-state index in [0.29, 0.717) is 11.2 Å². The third kappa shape index (κ3) is 1.84. The predicted molar refractivity (Wildman–Crippen MR) is 71.2 cm³/mol. The minimum absolute atomic E-state index is 0.229. The molecule has 98 valence electrons. The first-order valence-corrected chi connectivity index (χ1v) is 5.99. The maximum Gasteiger partial charge on any atom is 0.348 e. The van der Waals surface area contributed by atoms with Crippen LogP contribution in [0, 0.1) is 0 Å². The van der Waals surface area contributed by atoms with E-state index in [9.17, 15) is 4.79 Å². The molecule has 19 heavy (non-hydrogen) atoms. The highest BCUT2D eigenvalue weighted by Crippen LogP contribution is 2.19. The number of aliphatic hydroxyl groups excluding tert-OH is 1. The van der Waals surface area contributed by atoms with Crippen LogP contribution in [-0.4, -0.2) is 31.2 Å². The van der Waals surface area contributed by atoms with Crippen molar-refractivity contribution < 1.29 is 5.11 Å². The molecule has 0 spiro atoms. The lowest BCUT2D eigenvalue weighted by Crippen LogP contribution is -2.17. The van der Waals surface area contributed by atoms with E-state index in [1.807, 2.05) is 25.1 Å². The number of nitrogens with one attached hydrogen (secondary N) is 2. The van der Waals surface area contributed by atoms with Crippen molar-refractivity contribution in [1.29, 1.82) is 0 Å². The van der Waals surface area contributed by atoms with E-state index in [2.05, 4.69) is 20.4 Å². The van der Waals surface area contributed by atoms with Gasteiger partial charge in [-0.3, -0.25) is 0 Å². The van der Waals surface area contributed by atoms with Crippen molar-refractivity contribution >= 4 is 22.2 Å². The zero-order chi connectivity index (χ0) is 13.4. The lowest BCUT2D eigenvalue weighted by Gasteiger charge is -2.05. The first kappa shape index (κ1) is 11.7. The van der Waals surface area contributed by atoms with Crippen molar-refractivity contribution in [2.24, 2.45) is 0 Å². The topological polar surface area (TPSA) is 95.3 Å². The van der Waals surface area contributed by atoms with Crippen LogP contribution in [0.15, 0.2) is 23.0 Å². The summed E-state index contributed by atoms with van der Waals surface area (Å²) in [5.74, 6) is 0.229. The highest BCUT2D eigenvalue weighted by atomic mass is 16.3. The highest BCUT2D eigenvalue weighted by Gasteiger charge is 2.10. The maximum absolute atomic E-state index is 11.8. The fourth-order valence-electron chi connectivity index (χ4n) is 2.06. The fraction of sp³-hybridized carbons (Fsp3) is 0.250. The van der Waals surface area contributed by atoms with Crippen LogP contribution in [-0.2, 0) is 6.61 Å². The molecule has 1 aromatic carbocycles. The SMILES string of the molecule is CCNc1ccc2[nH]c(=O)n3nc(CO)nc3c2c1. The summed E-state index contributed by atoms with van der Waals surface area (Å²) in [7, 11) is 0. The predicted octanol–water partition coefficient (Wildman–Crippen LogP) is 0.495. The van der Waals surface area contributed by atoms with Gasteiger partial charge in [0.15, 0.2) is 11.5 Å². The van der Waals surface area contributed by atoms with Crippen LogP contribution >= 0.6 is 0 Å². The number of fused-ring (bicyclic) bond motifs is 3. The van der Waals surface area contributed by atoms with Crippen molar-refractivity contribution in [3.63, 3.8) is 0 Å². The Morgan fingerprint density at radius 1 is 1.47 bits per heavy atom. The van der Waals surface area contributed by atoms with E-state index in [0.717, 1.165) is 17.6 Å². The zero-order valence-electron chi connectivity index (χ0n) is 10.3. The number of benzene rings is 1. The molecule has 0 aliphatic heterocycles. The van der Waals surface area contributed by atoms with E-state index in [-0.39, 0.29) is 18.1 Å². The van der Waals surface area contributed by atoms with Crippen LogP contribution < -0.4 is 11.0 Å². The van der Waals surface area contributed by atoms with Crippen LogP contribution in [0.5, 0.6) is 0 Å². The van der Waals surface area contributed by atoms with Crippen LogP contribution in [0.2, 0.25) is 0 Å². The van der Waals surface area contributed by atoms with Crippen LogP contribution in [0.3, 0.4) is 0 Å². The molecular weight excluding hydrogens is 246 g/mol. The van der Waals surface area contributed by atoms with Crippen molar-refractivity contribution in [3.05, 3.63) is 34.5 Å². The number of aromatic amines is 1. The van der Waals surface area contributed by atoms with Gasteiger partial charge in [-0.1, -0.05) is 0 Å². The number of hydrogen-bond acceptors (Lipinski definition) is 5. The fourth-order valence-corrected chi connectivity index (χ4v) is 2.06. The summed E-state index contributed by atoms with van der Waals surface area (Å²) in [6.45, 7) is 2.52. The standard InChI is InChI=1S/C12H13N5O2/c1-2-13-7-3-4-9-8(5-7)11-15-10(6-18)16-17(11)12(19)14-9/h3-5,13,18H,2,6H2,1H3,(H,14,19). The van der Waals surface area contributed by atoms with Crippen molar-refractivity contribution in [3.8, 4) is 0 Å². The third-order valence-corrected chi connectivity index (χ3v) is 2.87. The van der Waals surface area contributed by atoms with Crippen molar-refractivity contribution in [2.75, 3.05) is 11.9 Å². The molecule has 7 heteroatoms. The largest absolute Gasteiger partial charge is 0.388 e. The molecule has 2 heterocycles. The van der Waals surface area contributed by atoms with Crippen LogP contribution in [0.25, 0.3) is 16.6 Å². The van der Waals surface area contributed by atoms with E-state index < -0.39 is 0 Å². The minimum atomic E-state index is -0.370. The van der Waals surface area contributed by atoms with Crippen LogP contribution in [0.4, 0.5) is 5.69 Å². The van der Waals surface area contributed by atoms with E-state index in [4.69, 9.17) is 5.11 Å². The molecule has 0 amide bonds. The highest BCUT2D eigenvalue weighted by molar-refractivity contribution is 5.93. The summed E-state index contributed by atoms with van der Waals surface area (Å²) in [5.41, 5.74) is 1.71. The van der Waals surface area contributed by atoms with E-state index >= 15 is 0 Å². The molecule has 0 bridgehead atoms. The van der Waals surface area contributed by atoms with Gasteiger partial charge < -0.3 is 15.4 Å². The monoisotopic (exact) mass is 259 g/mol. The third-order valence-electron chi connectivity index (χ3n) is 2.87. The molecule has 7 nitrogen and oxygen atoms in total. The summed E-state index contributed by atoms with van der Waals surface area (Å²) < 4.78 is 1.17. The molecule has 0 saturated heterocycles. The van der Waals surface area contributed by atoms with Gasteiger partial charge in [0.2, 0.25) is 0 Å². The molecule has 0 saturated carbocycles. The molecule has 3 aromatic rings. The van der Waals surface area contributed by atoms with Gasteiger partial charge in [0.25, 0.3) is 0 Å². The van der Waals surface area contributed by atoms with Gasteiger partial charge >= 0.3 is 5.69 Å². The molecule has 0 fully saturated rings. The normalized spacial score (nSPS) is 11.3. The summed E-state index contributed by atoms with van der Waals surface area (Å²) >= 11 is 0. The summed E-state index contributed by atoms with van der Waals surface area (Å²) in [5, 5.41) is 17.0. The molecule has 0 unspecified atom stereocenters. The van der Waals surface area contributed by atoms with Gasteiger partial charge in [-0.2, -0.15) is 4.52 Å². The number of hydrogen-bond donors (Lipinski definition) is 3. The molecule has 0 aliphatic rings. The molecule has 0 aliphatic carbocycles. The lowest BCUT2D eigenvalue weighted by molar-refractivity contribution is 0.271. The average Bonchev–Trinajstić information content (AvgIpc) is 2.85. The smallest absolute Gasteiger partial charge is 0.348 e. The molecule has 0 atom stereocenters.